The first-order valence-corrected chi connectivity index (χ1v) is 5.36. The van der Waals surface area contributed by atoms with Crippen LogP contribution in [0.25, 0.3) is 22.4 Å². The molecule has 2 nitrogen and oxygen atoms in total. The predicted octanol–water partition coefficient (Wildman–Crippen LogP) is 3.94. The molecule has 0 amide bonds. The topological polar surface area (TPSA) is 26.0 Å². The minimum atomic E-state index is -0.249. The lowest BCUT2D eigenvalue weighted by atomic mass is 10.1. The highest BCUT2D eigenvalue weighted by Gasteiger charge is 2.12. The Balaban J connectivity index is 2.24. The minimum absolute atomic E-state index is 0.249. The number of nitrogens with zero attached hydrogens (tertiary/aromatic N) is 1. The first kappa shape index (κ1) is 10.0. The summed E-state index contributed by atoms with van der Waals surface area (Å²) in [4.78, 5) is 4.17. The predicted molar refractivity (Wildman–Crippen MR) is 64.1 cm³/mol. The van der Waals surface area contributed by atoms with Crippen molar-refractivity contribution in [1.82, 2.24) is 4.98 Å². The van der Waals surface area contributed by atoms with E-state index in [2.05, 4.69) is 4.98 Å². The SMILES string of the molecule is Cc1c(-c2ccc(F)cc2)oc2ncccc12. The molecule has 2 aromatic heterocycles. The molecule has 0 unspecified atom stereocenters. The summed E-state index contributed by atoms with van der Waals surface area (Å²) in [6.45, 7) is 1.98. The Morgan fingerprint density at radius 3 is 2.59 bits per heavy atom. The van der Waals surface area contributed by atoms with Crippen LogP contribution < -0.4 is 0 Å². The van der Waals surface area contributed by atoms with Crippen molar-refractivity contribution in [3.63, 3.8) is 0 Å². The molecule has 0 N–H and O–H groups in total. The van der Waals surface area contributed by atoms with Crippen LogP contribution in [-0.4, -0.2) is 4.98 Å². The second kappa shape index (κ2) is 3.70. The standard InChI is InChI=1S/C14H10FNO/c1-9-12-3-2-8-16-14(12)17-13(9)10-4-6-11(15)7-5-10/h2-8H,1H3. The van der Waals surface area contributed by atoms with E-state index >= 15 is 0 Å². The van der Waals surface area contributed by atoms with Gasteiger partial charge >= 0.3 is 0 Å². The molecule has 3 rings (SSSR count). The Labute approximate surface area is 97.7 Å². The number of pyridine rings is 1. The number of rotatable bonds is 1. The van der Waals surface area contributed by atoms with Crippen LogP contribution in [0.1, 0.15) is 5.56 Å². The Hall–Kier alpha value is -2.16. The summed E-state index contributed by atoms with van der Waals surface area (Å²) in [7, 11) is 0. The number of aromatic nitrogens is 1. The number of furan rings is 1. The average molecular weight is 227 g/mol. The summed E-state index contributed by atoms with van der Waals surface area (Å²) in [6.07, 6.45) is 1.69. The van der Waals surface area contributed by atoms with Crippen molar-refractivity contribution >= 4 is 11.1 Å². The Morgan fingerprint density at radius 1 is 1.12 bits per heavy atom. The highest BCUT2D eigenvalue weighted by molar-refractivity contribution is 5.84. The molecule has 2 heterocycles. The third-order valence-corrected chi connectivity index (χ3v) is 2.82. The van der Waals surface area contributed by atoms with E-state index in [9.17, 15) is 4.39 Å². The zero-order valence-electron chi connectivity index (χ0n) is 9.27. The van der Waals surface area contributed by atoms with Crippen LogP contribution in [0.2, 0.25) is 0 Å². The van der Waals surface area contributed by atoms with Gasteiger partial charge in [-0.25, -0.2) is 9.37 Å². The fourth-order valence-electron chi connectivity index (χ4n) is 1.93. The lowest BCUT2D eigenvalue weighted by molar-refractivity contribution is 0.613. The van der Waals surface area contributed by atoms with Crippen molar-refractivity contribution in [3.05, 3.63) is 54.0 Å². The van der Waals surface area contributed by atoms with E-state index < -0.39 is 0 Å². The molecule has 0 aliphatic rings. The summed E-state index contributed by atoms with van der Waals surface area (Å²) in [5.74, 6) is 0.499. The van der Waals surface area contributed by atoms with Crippen molar-refractivity contribution in [2.24, 2.45) is 0 Å². The Morgan fingerprint density at radius 2 is 1.88 bits per heavy atom. The van der Waals surface area contributed by atoms with Gasteiger partial charge in [0.15, 0.2) is 0 Å². The summed E-state index contributed by atoms with van der Waals surface area (Å²) in [5, 5.41) is 0.992. The largest absolute Gasteiger partial charge is 0.437 e. The van der Waals surface area contributed by atoms with Gasteiger partial charge in [-0.3, -0.25) is 0 Å². The second-order valence-corrected chi connectivity index (χ2v) is 3.92. The van der Waals surface area contributed by atoms with E-state index in [0.717, 1.165) is 22.3 Å². The summed E-state index contributed by atoms with van der Waals surface area (Å²) < 4.78 is 18.6. The number of hydrogen-bond acceptors (Lipinski definition) is 2. The van der Waals surface area contributed by atoms with Gasteiger partial charge in [-0.1, -0.05) is 0 Å². The van der Waals surface area contributed by atoms with Crippen molar-refractivity contribution in [2.75, 3.05) is 0 Å². The van der Waals surface area contributed by atoms with E-state index in [1.807, 2.05) is 19.1 Å². The third-order valence-electron chi connectivity index (χ3n) is 2.82. The van der Waals surface area contributed by atoms with E-state index in [1.165, 1.54) is 12.1 Å². The zero-order chi connectivity index (χ0) is 11.8. The van der Waals surface area contributed by atoms with Gasteiger partial charge < -0.3 is 4.42 Å². The van der Waals surface area contributed by atoms with Crippen molar-refractivity contribution < 1.29 is 8.81 Å². The lowest BCUT2D eigenvalue weighted by Crippen LogP contribution is -1.78. The van der Waals surface area contributed by atoms with E-state index in [4.69, 9.17) is 4.42 Å². The van der Waals surface area contributed by atoms with Crippen molar-refractivity contribution in [2.45, 2.75) is 6.92 Å². The Bertz CT molecular complexity index is 670. The molecule has 0 atom stereocenters. The van der Waals surface area contributed by atoms with Gasteiger partial charge in [0, 0.05) is 22.7 Å². The normalized spacial score (nSPS) is 10.9. The number of aryl methyl sites for hydroxylation is 1. The molecule has 0 bridgehead atoms. The maximum atomic E-state index is 12.9. The van der Waals surface area contributed by atoms with E-state index in [0.29, 0.717) is 5.71 Å². The monoisotopic (exact) mass is 227 g/mol. The number of fused-ring (bicyclic) bond motifs is 1. The van der Waals surface area contributed by atoms with Crippen LogP contribution in [0.3, 0.4) is 0 Å². The molecule has 17 heavy (non-hydrogen) atoms. The molecule has 3 aromatic rings. The van der Waals surface area contributed by atoms with Gasteiger partial charge in [0.1, 0.15) is 11.6 Å². The molecule has 0 saturated heterocycles. The van der Waals surface area contributed by atoms with E-state index in [-0.39, 0.29) is 5.82 Å². The average Bonchev–Trinajstić information content (AvgIpc) is 2.69. The molecular formula is C14H10FNO. The van der Waals surface area contributed by atoms with E-state index in [1.54, 1.807) is 18.3 Å². The summed E-state index contributed by atoms with van der Waals surface area (Å²) in [6, 6.07) is 10.1. The fourth-order valence-corrected chi connectivity index (χ4v) is 1.93. The highest BCUT2D eigenvalue weighted by Crippen LogP contribution is 2.31. The fraction of sp³-hybridized carbons (Fsp3) is 0.0714. The van der Waals surface area contributed by atoms with Crippen LogP contribution in [0.5, 0.6) is 0 Å². The molecule has 0 aliphatic heterocycles. The summed E-state index contributed by atoms with van der Waals surface area (Å²) in [5.41, 5.74) is 2.51. The van der Waals surface area contributed by atoms with Gasteiger partial charge in [0.2, 0.25) is 5.71 Å². The molecule has 3 heteroatoms. The molecule has 0 fully saturated rings. The molecule has 1 aromatic carbocycles. The van der Waals surface area contributed by atoms with Crippen LogP contribution in [0, 0.1) is 12.7 Å². The van der Waals surface area contributed by atoms with Gasteiger partial charge in [-0.15, -0.1) is 0 Å². The van der Waals surface area contributed by atoms with Crippen LogP contribution in [0.15, 0.2) is 47.0 Å². The molecule has 0 radical (unpaired) electrons. The molecular weight excluding hydrogens is 217 g/mol. The van der Waals surface area contributed by atoms with Crippen molar-refractivity contribution in [1.29, 1.82) is 0 Å². The van der Waals surface area contributed by atoms with Crippen LogP contribution in [0.4, 0.5) is 4.39 Å². The third kappa shape index (κ3) is 1.60. The number of halogens is 1. The molecule has 0 aliphatic carbocycles. The maximum Gasteiger partial charge on any atom is 0.226 e. The van der Waals surface area contributed by atoms with Crippen LogP contribution in [-0.2, 0) is 0 Å². The first-order valence-electron chi connectivity index (χ1n) is 5.36. The van der Waals surface area contributed by atoms with Gasteiger partial charge in [-0.2, -0.15) is 0 Å². The van der Waals surface area contributed by atoms with Gasteiger partial charge in [-0.05, 0) is 43.3 Å². The minimum Gasteiger partial charge on any atom is -0.437 e. The van der Waals surface area contributed by atoms with Gasteiger partial charge in [0.05, 0.1) is 0 Å². The molecule has 0 saturated carbocycles. The van der Waals surface area contributed by atoms with Crippen molar-refractivity contribution in [3.8, 4) is 11.3 Å². The quantitative estimate of drug-likeness (QED) is 0.629. The summed E-state index contributed by atoms with van der Waals surface area (Å²) >= 11 is 0. The highest BCUT2D eigenvalue weighted by atomic mass is 19.1. The Kier molecular flexibility index (Phi) is 2.18. The number of benzene rings is 1. The molecule has 0 spiro atoms. The first-order chi connectivity index (χ1) is 8.25. The molecule has 84 valence electrons. The maximum absolute atomic E-state index is 12.9. The lowest BCUT2D eigenvalue weighted by Gasteiger charge is -1.97. The van der Waals surface area contributed by atoms with Crippen LogP contribution >= 0.6 is 0 Å². The second-order valence-electron chi connectivity index (χ2n) is 3.92. The van der Waals surface area contributed by atoms with Gasteiger partial charge in [0.25, 0.3) is 0 Å². The zero-order valence-corrected chi connectivity index (χ0v) is 9.27. The smallest absolute Gasteiger partial charge is 0.226 e. The number of hydrogen-bond donors (Lipinski definition) is 0.